The zero-order chi connectivity index (χ0) is 15.2. The first-order chi connectivity index (χ1) is 10.2. The molecule has 0 spiro atoms. The van der Waals surface area contributed by atoms with Crippen LogP contribution in [0, 0.1) is 13.8 Å². The Morgan fingerprint density at radius 1 is 1.38 bits per heavy atom. The van der Waals surface area contributed by atoms with Gasteiger partial charge in [0.25, 0.3) is 0 Å². The number of hydrogen-bond acceptors (Lipinski definition) is 2. The van der Waals surface area contributed by atoms with Gasteiger partial charge < -0.3 is 15.0 Å². The summed E-state index contributed by atoms with van der Waals surface area (Å²) in [5.41, 5.74) is 3.89. The van der Waals surface area contributed by atoms with Crippen LogP contribution < -0.4 is 5.32 Å². The van der Waals surface area contributed by atoms with E-state index in [-0.39, 0.29) is 6.10 Å². The number of aliphatic imine (C=N–C) groups is 1. The molecule has 1 heterocycles. The summed E-state index contributed by atoms with van der Waals surface area (Å²) >= 11 is 0. The topological polar surface area (TPSA) is 36.9 Å². The van der Waals surface area contributed by atoms with Gasteiger partial charge in [-0.1, -0.05) is 23.8 Å². The molecule has 1 saturated heterocycles. The van der Waals surface area contributed by atoms with Crippen molar-refractivity contribution in [2.45, 2.75) is 33.8 Å². The molecule has 1 atom stereocenters. The van der Waals surface area contributed by atoms with Crippen molar-refractivity contribution in [2.75, 3.05) is 32.8 Å². The van der Waals surface area contributed by atoms with Gasteiger partial charge in [0, 0.05) is 19.6 Å². The predicted molar refractivity (Wildman–Crippen MR) is 87.8 cm³/mol. The Bertz CT molecular complexity index is 499. The van der Waals surface area contributed by atoms with E-state index in [1.807, 2.05) is 0 Å². The first-order valence-electron chi connectivity index (χ1n) is 7.87. The van der Waals surface area contributed by atoms with Crippen LogP contribution in [0.25, 0.3) is 0 Å². The molecule has 2 rings (SSSR count). The summed E-state index contributed by atoms with van der Waals surface area (Å²) in [5.74, 6) is 0.998. The van der Waals surface area contributed by atoms with E-state index in [1.165, 1.54) is 16.7 Å². The summed E-state index contributed by atoms with van der Waals surface area (Å²) in [6.07, 6.45) is 0.125. The van der Waals surface area contributed by atoms with Gasteiger partial charge in [0.15, 0.2) is 5.96 Å². The van der Waals surface area contributed by atoms with Crippen LogP contribution in [0.3, 0.4) is 0 Å². The molecule has 1 aliphatic heterocycles. The first kappa shape index (κ1) is 15.8. The maximum Gasteiger partial charge on any atom is 0.194 e. The van der Waals surface area contributed by atoms with Gasteiger partial charge in [-0.25, -0.2) is 0 Å². The van der Waals surface area contributed by atoms with Gasteiger partial charge in [-0.15, -0.1) is 0 Å². The number of nitrogens with one attached hydrogen (secondary N) is 1. The molecule has 0 aromatic heterocycles. The quantitative estimate of drug-likeness (QED) is 0.686. The molecule has 1 fully saturated rings. The molecule has 21 heavy (non-hydrogen) atoms. The van der Waals surface area contributed by atoms with Crippen molar-refractivity contribution < 1.29 is 4.74 Å². The van der Waals surface area contributed by atoms with Gasteiger partial charge in [-0.05, 0) is 38.8 Å². The minimum absolute atomic E-state index is 0.125. The third kappa shape index (κ3) is 3.97. The molecule has 0 saturated carbocycles. The van der Waals surface area contributed by atoms with E-state index in [2.05, 4.69) is 61.1 Å². The normalized spacial score (nSPS) is 19.7. The van der Waals surface area contributed by atoms with E-state index in [9.17, 15) is 0 Å². The van der Waals surface area contributed by atoms with Gasteiger partial charge in [-0.2, -0.15) is 0 Å². The van der Waals surface area contributed by atoms with Gasteiger partial charge in [0.1, 0.15) is 6.10 Å². The Morgan fingerprint density at radius 3 is 2.86 bits per heavy atom. The highest BCUT2D eigenvalue weighted by atomic mass is 16.5. The van der Waals surface area contributed by atoms with Crippen LogP contribution in [0.2, 0.25) is 0 Å². The van der Waals surface area contributed by atoms with E-state index >= 15 is 0 Å². The summed E-state index contributed by atoms with van der Waals surface area (Å²) in [7, 11) is 0. The smallest absolute Gasteiger partial charge is 0.194 e. The maximum atomic E-state index is 6.00. The van der Waals surface area contributed by atoms with Crippen LogP contribution >= 0.6 is 0 Å². The van der Waals surface area contributed by atoms with Crippen molar-refractivity contribution in [1.29, 1.82) is 0 Å². The summed E-state index contributed by atoms with van der Waals surface area (Å²) in [4.78, 5) is 6.88. The minimum atomic E-state index is 0.125. The lowest BCUT2D eigenvalue weighted by Crippen LogP contribution is -2.48. The molecule has 0 amide bonds. The fraction of sp³-hybridized carbons (Fsp3) is 0.588. The molecule has 1 aliphatic rings. The standard InChI is InChI=1S/C17H27N3O/c1-5-18-17(19-6-2)20-9-10-21-16(12-20)15-8-7-13(3)11-14(15)4/h7-8,11,16H,5-6,9-10,12H2,1-4H3,(H,18,19). The Kier molecular flexibility index (Phi) is 5.62. The van der Waals surface area contributed by atoms with Crippen molar-refractivity contribution in [2.24, 2.45) is 4.99 Å². The average molecular weight is 289 g/mol. The fourth-order valence-corrected chi connectivity index (χ4v) is 2.79. The largest absolute Gasteiger partial charge is 0.370 e. The lowest BCUT2D eigenvalue weighted by Gasteiger charge is -2.35. The van der Waals surface area contributed by atoms with Crippen LogP contribution in [0.15, 0.2) is 23.2 Å². The number of morpholine rings is 1. The number of ether oxygens (including phenoxy) is 1. The van der Waals surface area contributed by atoms with E-state index in [4.69, 9.17) is 4.74 Å². The molecular formula is C17H27N3O. The van der Waals surface area contributed by atoms with E-state index in [0.29, 0.717) is 0 Å². The Morgan fingerprint density at radius 2 is 2.19 bits per heavy atom. The van der Waals surface area contributed by atoms with Crippen molar-refractivity contribution >= 4 is 5.96 Å². The van der Waals surface area contributed by atoms with Gasteiger partial charge in [0.05, 0.1) is 13.2 Å². The highest BCUT2D eigenvalue weighted by Gasteiger charge is 2.25. The van der Waals surface area contributed by atoms with E-state index in [0.717, 1.165) is 38.7 Å². The highest BCUT2D eigenvalue weighted by Crippen LogP contribution is 2.25. The number of aryl methyl sites for hydroxylation is 2. The summed E-state index contributed by atoms with van der Waals surface area (Å²) in [6, 6.07) is 6.58. The second-order valence-electron chi connectivity index (χ2n) is 5.49. The second kappa shape index (κ2) is 7.46. The Hall–Kier alpha value is -1.55. The lowest BCUT2D eigenvalue weighted by atomic mass is 10.00. The van der Waals surface area contributed by atoms with Gasteiger partial charge in [0.2, 0.25) is 0 Å². The number of nitrogens with zero attached hydrogens (tertiary/aromatic N) is 2. The Balaban J connectivity index is 2.14. The van der Waals surface area contributed by atoms with Crippen LogP contribution in [-0.4, -0.2) is 43.6 Å². The predicted octanol–water partition coefficient (Wildman–Crippen LogP) is 2.66. The number of hydrogen-bond donors (Lipinski definition) is 1. The average Bonchev–Trinajstić information content (AvgIpc) is 2.47. The van der Waals surface area contributed by atoms with E-state index < -0.39 is 0 Å². The number of guanidine groups is 1. The third-order valence-corrected chi connectivity index (χ3v) is 3.78. The summed E-state index contributed by atoms with van der Waals surface area (Å²) in [6.45, 7) is 12.7. The molecule has 1 aromatic carbocycles. The zero-order valence-corrected chi connectivity index (χ0v) is 13.6. The first-order valence-corrected chi connectivity index (χ1v) is 7.87. The lowest BCUT2D eigenvalue weighted by molar-refractivity contribution is -0.00832. The second-order valence-corrected chi connectivity index (χ2v) is 5.49. The molecule has 1 N–H and O–H groups in total. The third-order valence-electron chi connectivity index (χ3n) is 3.78. The number of rotatable bonds is 3. The fourth-order valence-electron chi connectivity index (χ4n) is 2.79. The van der Waals surface area contributed by atoms with Crippen molar-refractivity contribution in [1.82, 2.24) is 10.2 Å². The van der Waals surface area contributed by atoms with Crippen LogP contribution in [0.1, 0.15) is 36.6 Å². The van der Waals surface area contributed by atoms with Crippen LogP contribution in [0.4, 0.5) is 0 Å². The molecule has 0 bridgehead atoms. The van der Waals surface area contributed by atoms with Gasteiger partial charge >= 0.3 is 0 Å². The van der Waals surface area contributed by atoms with Crippen LogP contribution in [-0.2, 0) is 4.74 Å². The van der Waals surface area contributed by atoms with Crippen molar-refractivity contribution in [3.05, 3.63) is 34.9 Å². The summed E-state index contributed by atoms with van der Waals surface area (Å²) in [5, 5.41) is 3.37. The van der Waals surface area contributed by atoms with Gasteiger partial charge in [-0.3, -0.25) is 4.99 Å². The molecular weight excluding hydrogens is 262 g/mol. The molecule has 116 valence electrons. The number of benzene rings is 1. The molecule has 1 unspecified atom stereocenters. The Labute approximate surface area is 128 Å². The molecule has 0 aliphatic carbocycles. The monoisotopic (exact) mass is 289 g/mol. The van der Waals surface area contributed by atoms with E-state index in [1.54, 1.807) is 0 Å². The molecule has 4 heteroatoms. The molecule has 0 radical (unpaired) electrons. The van der Waals surface area contributed by atoms with Crippen molar-refractivity contribution in [3.63, 3.8) is 0 Å². The molecule has 4 nitrogen and oxygen atoms in total. The minimum Gasteiger partial charge on any atom is -0.370 e. The SMILES string of the molecule is CCN=C(NCC)N1CCOC(c2ccc(C)cc2C)C1. The van der Waals surface area contributed by atoms with Crippen LogP contribution in [0.5, 0.6) is 0 Å². The zero-order valence-electron chi connectivity index (χ0n) is 13.6. The maximum absolute atomic E-state index is 6.00. The molecule has 1 aromatic rings. The highest BCUT2D eigenvalue weighted by molar-refractivity contribution is 5.80. The summed E-state index contributed by atoms with van der Waals surface area (Å²) < 4.78 is 6.00. The van der Waals surface area contributed by atoms with Crippen molar-refractivity contribution in [3.8, 4) is 0 Å².